The van der Waals surface area contributed by atoms with E-state index in [1.807, 2.05) is 0 Å². The fraction of sp³-hybridized carbons (Fsp3) is 0.200. The van der Waals surface area contributed by atoms with Gasteiger partial charge in [0.25, 0.3) is 5.91 Å². The number of nitrogens with one attached hydrogen (secondary N) is 1. The molecule has 0 unspecified atom stereocenters. The molecule has 1 N–H and O–H groups in total. The van der Waals surface area contributed by atoms with Crippen LogP contribution in [0.2, 0.25) is 5.02 Å². The van der Waals surface area contributed by atoms with Gasteiger partial charge in [-0.3, -0.25) is 10.1 Å². The lowest BCUT2D eigenvalue weighted by Crippen LogP contribution is -2.22. The monoisotopic (exact) mass is 351 g/mol. The Balaban J connectivity index is 1.93. The molecule has 0 aliphatic heterocycles. The first kappa shape index (κ1) is 17.5. The number of carbonyl (C=O) groups is 2. The molecule has 1 heterocycles. The maximum Gasteiger partial charge on any atom is 0.338 e. The van der Waals surface area contributed by atoms with E-state index in [-0.39, 0.29) is 23.3 Å². The van der Waals surface area contributed by atoms with Crippen LogP contribution in [0.15, 0.2) is 30.3 Å². The van der Waals surface area contributed by atoms with Gasteiger partial charge in [-0.05, 0) is 24.3 Å². The van der Waals surface area contributed by atoms with Crippen LogP contribution in [0.4, 0.5) is 5.95 Å². The SMILES string of the molecule is COc1cc(OC)nc(NC(=O)COC(=O)c2ccc(Cl)cc2)n1. The molecule has 1 aromatic carbocycles. The van der Waals surface area contributed by atoms with Gasteiger partial charge in [0.2, 0.25) is 17.7 Å². The summed E-state index contributed by atoms with van der Waals surface area (Å²) < 4.78 is 14.8. The van der Waals surface area contributed by atoms with E-state index in [2.05, 4.69) is 15.3 Å². The number of rotatable bonds is 6. The van der Waals surface area contributed by atoms with Crippen molar-refractivity contribution in [2.75, 3.05) is 26.1 Å². The second-order valence-electron chi connectivity index (χ2n) is 4.41. The van der Waals surface area contributed by atoms with Crippen molar-refractivity contribution in [3.05, 3.63) is 40.9 Å². The first-order valence-corrected chi connectivity index (χ1v) is 7.09. The Morgan fingerprint density at radius 2 is 1.67 bits per heavy atom. The largest absolute Gasteiger partial charge is 0.481 e. The quantitative estimate of drug-likeness (QED) is 0.794. The lowest BCUT2D eigenvalue weighted by Gasteiger charge is -2.08. The molecule has 1 amide bonds. The molecule has 0 saturated heterocycles. The third-order valence-electron chi connectivity index (χ3n) is 2.76. The second-order valence-corrected chi connectivity index (χ2v) is 4.84. The zero-order valence-corrected chi connectivity index (χ0v) is 13.7. The van der Waals surface area contributed by atoms with Crippen molar-refractivity contribution in [1.29, 1.82) is 0 Å². The summed E-state index contributed by atoms with van der Waals surface area (Å²) in [7, 11) is 2.84. The van der Waals surface area contributed by atoms with Crippen molar-refractivity contribution in [2.45, 2.75) is 0 Å². The van der Waals surface area contributed by atoms with Gasteiger partial charge in [-0.1, -0.05) is 11.6 Å². The van der Waals surface area contributed by atoms with E-state index in [0.29, 0.717) is 5.02 Å². The number of amides is 1. The highest BCUT2D eigenvalue weighted by Crippen LogP contribution is 2.17. The third kappa shape index (κ3) is 4.82. The summed E-state index contributed by atoms with van der Waals surface area (Å²) >= 11 is 5.73. The Morgan fingerprint density at radius 3 is 2.21 bits per heavy atom. The molecule has 0 bridgehead atoms. The zero-order chi connectivity index (χ0) is 17.5. The van der Waals surface area contributed by atoms with Gasteiger partial charge in [0.05, 0.1) is 25.8 Å². The lowest BCUT2D eigenvalue weighted by atomic mass is 10.2. The van der Waals surface area contributed by atoms with Gasteiger partial charge in [-0.15, -0.1) is 0 Å². The maximum atomic E-state index is 11.8. The van der Waals surface area contributed by atoms with Crippen LogP contribution in [-0.4, -0.2) is 42.7 Å². The molecule has 24 heavy (non-hydrogen) atoms. The molecule has 0 atom stereocenters. The molecule has 1 aromatic heterocycles. The Labute approximate surface area is 142 Å². The maximum absolute atomic E-state index is 11.8. The smallest absolute Gasteiger partial charge is 0.338 e. The highest BCUT2D eigenvalue weighted by Gasteiger charge is 2.13. The molecule has 0 aliphatic carbocycles. The fourth-order valence-electron chi connectivity index (χ4n) is 1.63. The molecular formula is C15H14ClN3O5. The molecule has 2 rings (SSSR count). The number of hydrogen-bond acceptors (Lipinski definition) is 7. The van der Waals surface area contributed by atoms with Crippen molar-refractivity contribution < 1.29 is 23.8 Å². The van der Waals surface area contributed by atoms with Gasteiger partial charge in [-0.25, -0.2) is 4.79 Å². The van der Waals surface area contributed by atoms with Crippen molar-refractivity contribution in [3.63, 3.8) is 0 Å². The van der Waals surface area contributed by atoms with Gasteiger partial charge in [0, 0.05) is 5.02 Å². The highest BCUT2D eigenvalue weighted by molar-refractivity contribution is 6.30. The van der Waals surface area contributed by atoms with E-state index in [1.54, 1.807) is 12.1 Å². The molecule has 8 nitrogen and oxygen atoms in total. The number of aromatic nitrogens is 2. The Hall–Kier alpha value is -2.87. The molecule has 0 fully saturated rings. The summed E-state index contributed by atoms with van der Waals surface area (Å²) in [6, 6.07) is 7.55. The minimum absolute atomic E-state index is 0.0289. The summed E-state index contributed by atoms with van der Waals surface area (Å²) in [6.07, 6.45) is 0. The molecule has 126 valence electrons. The molecule has 9 heteroatoms. The number of carbonyl (C=O) groups excluding carboxylic acids is 2. The molecule has 0 spiro atoms. The molecule has 0 aliphatic rings. The van der Waals surface area contributed by atoms with Gasteiger partial charge in [0.1, 0.15) is 0 Å². The summed E-state index contributed by atoms with van der Waals surface area (Å²) in [5, 5.41) is 2.88. The predicted molar refractivity (Wildman–Crippen MR) is 85.5 cm³/mol. The molecule has 2 aromatic rings. The number of hydrogen-bond donors (Lipinski definition) is 1. The Bertz CT molecular complexity index is 714. The standard InChI is InChI=1S/C15H14ClN3O5/c1-22-12-7-13(23-2)19-15(18-12)17-11(20)8-24-14(21)9-3-5-10(16)6-4-9/h3-7H,8H2,1-2H3,(H,17,18,19,20). The minimum Gasteiger partial charge on any atom is -0.481 e. The van der Waals surface area contributed by atoms with Crippen molar-refractivity contribution in [3.8, 4) is 11.8 Å². The number of ether oxygens (including phenoxy) is 3. The van der Waals surface area contributed by atoms with Gasteiger partial charge < -0.3 is 14.2 Å². The number of nitrogens with zero attached hydrogens (tertiary/aromatic N) is 2. The Morgan fingerprint density at radius 1 is 1.08 bits per heavy atom. The zero-order valence-electron chi connectivity index (χ0n) is 12.9. The topological polar surface area (TPSA) is 99.6 Å². The lowest BCUT2D eigenvalue weighted by molar-refractivity contribution is -0.119. The summed E-state index contributed by atoms with van der Waals surface area (Å²) in [4.78, 5) is 31.5. The van der Waals surface area contributed by atoms with Crippen LogP contribution in [0.5, 0.6) is 11.8 Å². The average molecular weight is 352 g/mol. The number of esters is 1. The van der Waals surface area contributed by atoms with E-state index in [1.165, 1.54) is 32.4 Å². The van der Waals surface area contributed by atoms with Gasteiger partial charge in [0.15, 0.2) is 6.61 Å². The predicted octanol–water partition coefficient (Wildman–Crippen LogP) is 1.94. The van der Waals surface area contributed by atoms with E-state index in [9.17, 15) is 9.59 Å². The van der Waals surface area contributed by atoms with E-state index >= 15 is 0 Å². The van der Waals surface area contributed by atoms with E-state index < -0.39 is 18.5 Å². The first-order valence-electron chi connectivity index (χ1n) is 6.71. The van der Waals surface area contributed by atoms with E-state index in [0.717, 1.165) is 0 Å². The van der Waals surface area contributed by atoms with Crippen molar-refractivity contribution in [1.82, 2.24) is 9.97 Å². The van der Waals surface area contributed by atoms with Crippen molar-refractivity contribution in [2.24, 2.45) is 0 Å². The van der Waals surface area contributed by atoms with Crippen LogP contribution in [0.3, 0.4) is 0 Å². The number of halogens is 1. The molecule has 0 saturated carbocycles. The molecular weight excluding hydrogens is 338 g/mol. The van der Waals surface area contributed by atoms with Crippen LogP contribution < -0.4 is 14.8 Å². The fourth-order valence-corrected chi connectivity index (χ4v) is 1.76. The van der Waals surface area contributed by atoms with Crippen LogP contribution in [-0.2, 0) is 9.53 Å². The summed E-state index contributed by atoms with van der Waals surface area (Å²) in [5.41, 5.74) is 0.284. The van der Waals surface area contributed by atoms with E-state index in [4.69, 9.17) is 25.8 Å². The van der Waals surface area contributed by atoms with Gasteiger partial charge >= 0.3 is 5.97 Å². The number of benzene rings is 1. The van der Waals surface area contributed by atoms with Crippen LogP contribution in [0.1, 0.15) is 10.4 Å². The molecule has 0 radical (unpaired) electrons. The van der Waals surface area contributed by atoms with Gasteiger partial charge in [-0.2, -0.15) is 9.97 Å². The first-order chi connectivity index (χ1) is 11.5. The number of methoxy groups -OCH3 is 2. The summed E-state index contributed by atoms with van der Waals surface area (Å²) in [5.74, 6) is -0.845. The normalized spacial score (nSPS) is 9.96. The highest BCUT2D eigenvalue weighted by atomic mass is 35.5. The van der Waals surface area contributed by atoms with Crippen molar-refractivity contribution >= 4 is 29.4 Å². The van der Waals surface area contributed by atoms with Crippen LogP contribution in [0, 0.1) is 0 Å². The third-order valence-corrected chi connectivity index (χ3v) is 3.01. The average Bonchev–Trinajstić information content (AvgIpc) is 2.59. The second kappa shape index (κ2) is 8.11. The number of anilines is 1. The van der Waals surface area contributed by atoms with Crippen LogP contribution >= 0.6 is 11.6 Å². The summed E-state index contributed by atoms with van der Waals surface area (Å²) in [6.45, 7) is -0.496. The Kier molecular flexibility index (Phi) is 5.91. The van der Waals surface area contributed by atoms with Crippen LogP contribution in [0.25, 0.3) is 0 Å². The minimum atomic E-state index is -0.647.